The molecule has 0 unspecified atom stereocenters. The summed E-state index contributed by atoms with van der Waals surface area (Å²) in [6, 6.07) is 11.9. The molecule has 112 valence electrons. The van der Waals surface area contributed by atoms with Crippen LogP contribution in [0, 0.1) is 0 Å². The molecule has 0 aliphatic rings. The lowest BCUT2D eigenvalue weighted by Gasteiger charge is -2.07. The Morgan fingerprint density at radius 1 is 0.696 bits per heavy atom. The van der Waals surface area contributed by atoms with Crippen LogP contribution in [0.5, 0.6) is 0 Å². The Hall–Kier alpha value is -3.34. The summed E-state index contributed by atoms with van der Waals surface area (Å²) in [6.45, 7) is 0. The van der Waals surface area contributed by atoms with Crippen LogP contribution in [-0.2, 0) is 0 Å². The van der Waals surface area contributed by atoms with Gasteiger partial charge in [0.1, 0.15) is 0 Å². The van der Waals surface area contributed by atoms with Crippen LogP contribution in [0.25, 0.3) is 22.4 Å². The SMILES string of the molecule is c1c[nH]cn1.c1cncc(-c2cccnc2-c2cccnc2)c1. The summed E-state index contributed by atoms with van der Waals surface area (Å²) in [5, 5.41) is 0. The first-order valence-corrected chi connectivity index (χ1v) is 7.14. The van der Waals surface area contributed by atoms with E-state index in [1.54, 1.807) is 37.3 Å². The molecule has 5 heteroatoms. The molecule has 0 fully saturated rings. The minimum atomic E-state index is 0.929. The number of H-pyrrole nitrogens is 1. The van der Waals surface area contributed by atoms with Gasteiger partial charge in [0, 0.05) is 60.1 Å². The summed E-state index contributed by atoms with van der Waals surface area (Å²) in [5.41, 5.74) is 4.07. The second-order valence-electron chi connectivity index (χ2n) is 4.64. The van der Waals surface area contributed by atoms with Crippen LogP contribution in [0.4, 0.5) is 0 Å². The number of nitrogens with one attached hydrogen (secondary N) is 1. The fourth-order valence-corrected chi connectivity index (χ4v) is 2.11. The molecule has 4 rings (SSSR count). The van der Waals surface area contributed by atoms with Gasteiger partial charge in [-0.05, 0) is 24.3 Å². The zero-order valence-electron chi connectivity index (χ0n) is 12.4. The van der Waals surface area contributed by atoms with E-state index in [4.69, 9.17) is 0 Å². The Kier molecular flexibility index (Phi) is 4.83. The van der Waals surface area contributed by atoms with E-state index in [1.165, 1.54) is 0 Å². The third-order valence-electron chi connectivity index (χ3n) is 3.12. The van der Waals surface area contributed by atoms with Gasteiger partial charge < -0.3 is 4.98 Å². The van der Waals surface area contributed by atoms with Crippen molar-refractivity contribution in [1.82, 2.24) is 24.9 Å². The molecule has 0 aromatic carbocycles. The van der Waals surface area contributed by atoms with Gasteiger partial charge in [-0.2, -0.15) is 0 Å². The highest BCUT2D eigenvalue weighted by atomic mass is 14.8. The average Bonchev–Trinajstić information content (AvgIpc) is 3.23. The van der Waals surface area contributed by atoms with E-state index in [2.05, 4.69) is 24.9 Å². The molecule has 1 N–H and O–H groups in total. The van der Waals surface area contributed by atoms with E-state index in [0.717, 1.165) is 22.4 Å². The number of pyridine rings is 3. The number of aromatic nitrogens is 5. The van der Waals surface area contributed by atoms with Crippen molar-refractivity contribution in [3.8, 4) is 22.4 Å². The van der Waals surface area contributed by atoms with Gasteiger partial charge in [-0.3, -0.25) is 15.0 Å². The van der Waals surface area contributed by atoms with Crippen LogP contribution in [-0.4, -0.2) is 24.9 Å². The normalized spacial score (nSPS) is 9.74. The molecule has 0 aliphatic heterocycles. The third-order valence-corrected chi connectivity index (χ3v) is 3.12. The molecule has 0 saturated carbocycles. The lowest BCUT2D eigenvalue weighted by molar-refractivity contribution is 1.27. The Bertz CT molecular complexity index is 739. The van der Waals surface area contributed by atoms with E-state index in [9.17, 15) is 0 Å². The molecule has 0 saturated heterocycles. The highest BCUT2D eigenvalue weighted by Gasteiger charge is 2.07. The van der Waals surface area contributed by atoms with E-state index in [-0.39, 0.29) is 0 Å². The van der Waals surface area contributed by atoms with Crippen LogP contribution in [0.15, 0.2) is 86.1 Å². The number of hydrogen-bond acceptors (Lipinski definition) is 4. The third kappa shape index (κ3) is 3.85. The smallest absolute Gasteiger partial charge is 0.0919 e. The van der Waals surface area contributed by atoms with Crippen molar-refractivity contribution in [2.24, 2.45) is 0 Å². The maximum Gasteiger partial charge on any atom is 0.0919 e. The maximum absolute atomic E-state index is 4.46. The van der Waals surface area contributed by atoms with E-state index >= 15 is 0 Å². The molecule has 0 aliphatic carbocycles. The lowest BCUT2D eigenvalue weighted by Crippen LogP contribution is -1.89. The van der Waals surface area contributed by atoms with Crippen molar-refractivity contribution in [3.05, 3.63) is 86.1 Å². The highest BCUT2D eigenvalue weighted by molar-refractivity contribution is 5.79. The fraction of sp³-hybridized carbons (Fsp3) is 0. The zero-order valence-corrected chi connectivity index (χ0v) is 12.4. The van der Waals surface area contributed by atoms with Crippen LogP contribution < -0.4 is 0 Å². The number of nitrogens with zero attached hydrogens (tertiary/aromatic N) is 4. The Morgan fingerprint density at radius 2 is 1.43 bits per heavy atom. The maximum atomic E-state index is 4.46. The Labute approximate surface area is 134 Å². The van der Waals surface area contributed by atoms with Gasteiger partial charge in [-0.25, -0.2) is 4.98 Å². The van der Waals surface area contributed by atoms with Gasteiger partial charge in [0.15, 0.2) is 0 Å². The van der Waals surface area contributed by atoms with E-state index in [0.29, 0.717) is 0 Å². The highest BCUT2D eigenvalue weighted by Crippen LogP contribution is 2.28. The number of imidazole rings is 1. The molecular weight excluding hydrogens is 286 g/mol. The first-order valence-electron chi connectivity index (χ1n) is 7.14. The molecule has 5 nitrogen and oxygen atoms in total. The van der Waals surface area contributed by atoms with Crippen molar-refractivity contribution < 1.29 is 0 Å². The van der Waals surface area contributed by atoms with Crippen LogP contribution in [0.1, 0.15) is 0 Å². The summed E-state index contributed by atoms with van der Waals surface area (Å²) >= 11 is 0. The van der Waals surface area contributed by atoms with Gasteiger partial charge in [0.05, 0.1) is 12.0 Å². The number of hydrogen-bond donors (Lipinski definition) is 1. The van der Waals surface area contributed by atoms with Crippen LogP contribution in [0.3, 0.4) is 0 Å². The molecule has 4 aromatic rings. The minimum absolute atomic E-state index is 0.929. The quantitative estimate of drug-likeness (QED) is 0.614. The fourth-order valence-electron chi connectivity index (χ4n) is 2.11. The largest absolute Gasteiger partial charge is 0.351 e. The summed E-state index contributed by atoms with van der Waals surface area (Å²) < 4.78 is 0. The molecular formula is C18H15N5. The summed E-state index contributed by atoms with van der Waals surface area (Å²) in [4.78, 5) is 19.2. The van der Waals surface area contributed by atoms with E-state index in [1.807, 2.05) is 48.8 Å². The molecule has 0 bridgehead atoms. The topological polar surface area (TPSA) is 67.3 Å². The van der Waals surface area contributed by atoms with Crippen LogP contribution in [0.2, 0.25) is 0 Å². The van der Waals surface area contributed by atoms with E-state index < -0.39 is 0 Å². The Morgan fingerprint density at radius 3 is 2.00 bits per heavy atom. The van der Waals surface area contributed by atoms with Gasteiger partial charge in [0.2, 0.25) is 0 Å². The average molecular weight is 301 g/mol. The second-order valence-corrected chi connectivity index (χ2v) is 4.64. The molecule has 0 spiro atoms. The first-order chi connectivity index (χ1) is 11.4. The summed E-state index contributed by atoms with van der Waals surface area (Å²) in [6.07, 6.45) is 14.1. The standard InChI is InChI=1S/C15H11N3.C3H4N2/c1-4-12(10-16-7-1)14-6-3-9-18-15(14)13-5-2-8-17-11-13;1-2-5-3-4-1/h1-11H;1-3H,(H,4,5). The predicted molar refractivity (Wildman–Crippen MR) is 89.3 cm³/mol. The summed E-state index contributed by atoms with van der Waals surface area (Å²) in [7, 11) is 0. The first kappa shape index (κ1) is 14.6. The predicted octanol–water partition coefficient (Wildman–Crippen LogP) is 3.62. The van der Waals surface area contributed by atoms with Gasteiger partial charge in [0.25, 0.3) is 0 Å². The van der Waals surface area contributed by atoms with Crippen molar-refractivity contribution >= 4 is 0 Å². The van der Waals surface area contributed by atoms with Crippen molar-refractivity contribution in [2.45, 2.75) is 0 Å². The van der Waals surface area contributed by atoms with Gasteiger partial charge >= 0.3 is 0 Å². The molecule has 0 amide bonds. The molecule has 4 aromatic heterocycles. The summed E-state index contributed by atoms with van der Waals surface area (Å²) in [5.74, 6) is 0. The molecule has 0 atom stereocenters. The van der Waals surface area contributed by atoms with Crippen molar-refractivity contribution in [3.63, 3.8) is 0 Å². The molecule has 4 heterocycles. The lowest BCUT2D eigenvalue weighted by atomic mass is 10.0. The van der Waals surface area contributed by atoms with Crippen molar-refractivity contribution in [2.75, 3.05) is 0 Å². The molecule has 23 heavy (non-hydrogen) atoms. The zero-order chi connectivity index (χ0) is 15.7. The van der Waals surface area contributed by atoms with Crippen LogP contribution >= 0.6 is 0 Å². The molecule has 0 radical (unpaired) electrons. The van der Waals surface area contributed by atoms with Gasteiger partial charge in [-0.15, -0.1) is 0 Å². The Balaban J connectivity index is 0.000000267. The number of rotatable bonds is 2. The number of aromatic amines is 1. The van der Waals surface area contributed by atoms with Crippen molar-refractivity contribution in [1.29, 1.82) is 0 Å². The second kappa shape index (κ2) is 7.61. The van der Waals surface area contributed by atoms with Gasteiger partial charge in [-0.1, -0.05) is 12.1 Å². The minimum Gasteiger partial charge on any atom is -0.351 e. The monoisotopic (exact) mass is 301 g/mol.